The lowest BCUT2D eigenvalue weighted by Gasteiger charge is -2.19. The molecule has 0 atom stereocenters. The second kappa shape index (κ2) is 5.85. The number of nitrogens with two attached hydrogens (primary N) is 1. The van der Waals surface area contributed by atoms with Crippen LogP contribution in [0.2, 0.25) is 0 Å². The van der Waals surface area contributed by atoms with Gasteiger partial charge < -0.3 is 5.73 Å². The monoisotopic (exact) mass is 301 g/mol. The predicted molar refractivity (Wildman–Crippen MR) is 83.0 cm³/mol. The Morgan fingerprint density at radius 3 is 2.19 bits per heavy atom. The average Bonchev–Trinajstić information content (AvgIpc) is 2.49. The quantitative estimate of drug-likeness (QED) is 0.876. The van der Waals surface area contributed by atoms with Crippen molar-refractivity contribution in [2.75, 3.05) is 17.1 Å². The van der Waals surface area contributed by atoms with Crippen molar-refractivity contribution in [2.24, 2.45) is 0 Å². The Balaban J connectivity index is 2.21. The number of nitriles is 1. The third kappa shape index (κ3) is 3.52. The van der Waals surface area contributed by atoms with Gasteiger partial charge in [-0.05, 0) is 42.0 Å². The lowest BCUT2D eigenvalue weighted by molar-refractivity contribution is 0.593. The van der Waals surface area contributed by atoms with E-state index in [0.717, 1.165) is 0 Å². The molecule has 0 fully saturated rings. The van der Waals surface area contributed by atoms with Crippen molar-refractivity contribution < 1.29 is 8.42 Å². The van der Waals surface area contributed by atoms with Gasteiger partial charge in [-0.15, -0.1) is 0 Å². The van der Waals surface area contributed by atoms with Crippen molar-refractivity contribution in [1.29, 1.82) is 5.26 Å². The molecule has 0 heterocycles. The van der Waals surface area contributed by atoms with Gasteiger partial charge in [-0.25, -0.2) is 8.42 Å². The Labute approximate surface area is 124 Å². The number of nitrogen functional groups attached to an aromatic ring is 1. The van der Waals surface area contributed by atoms with Gasteiger partial charge in [-0.3, -0.25) is 4.31 Å². The number of rotatable bonds is 4. The number of hydrogen-bond donors (Lipinski definition) is 1. The first-order valence-electron chi connectivity index (χ1n) is 6.23. The summed E-state index contributed by atoms with van der Waals surface area (Å²) in [4.78, 5) is 0. The van der Waals surface area contributed by atoms with Crippen LogP contribution in [0.15, 0.2) is 48.5 Å². The number of benzene rings is 2. The maximum Gasteiger partial charge on any atom is 0.239 e. The number of nitrogens with zero attached hydrogens (tertiary/aromatic N) is 2. The first-order valence-corrected chi connectivity index (χ1v) is 7.84. The zero-order valence-electron chi connectivity index (χ0n) is 11.5. The zero-order chi connectivity index (χ0) is 15.5. The summed E-state index contributed by atoms with van der Waals surface area (Å²) in [6.45, 7) is 0. The SMILES string of the molecule is CN(c1ccc(C#N)cc1)S(=O)(=O)Cc1ccc(N)cc1. The molecule has 21 heavy (non-hydrogen) atoms. The van der Waals surface area contributed by atoms with Crippen LogP contribution < -0.4 is 10.0 Å². The first-order chi connectivity index (χ1) is 9.92. The minimum Gasteiger partial charge on any atom is -0.399 e. The highest BCUT2D eigenvalue weighted by Crippen LogP contribution is 2.20. The second-order valence-electron chi connectivity index (χ2n) is 4.62. The molecule has 108 valence electrons. The van der Waals surface area contributed by atoms with Gasteiger partial charge in [0.2, 0.25) is 10.0 Å². The molecule has 2 rings (SSSR count). The number of anilines is 2. The Morgan fingerprint density at radius 2 is 1.67 bits per heavy atom. The van der Waals surface area contributed by atoms with Crippen LogP contribution in [0.5, 0.6) is 0 Å². The summed E-state index contributed by atoms with van der Waals surface area (Å²) in [5.74, 6) is -0.107. The molecule has 2 N–H and O–H groups in total. The van der Waals surface area contributed by atoms with E-state index in [1.54, 1.807) is 48.5 Å². The molecular formula is C15H15N3O2S. The fourth-order valence-electron chi connectivity index (χ4n) is 1.83. The Kier molecular flexibility index (Phi) is 4.15. The molecule has 0 aliphatic rings. The maximum absolute atomic E-state index is 12.4. The fourth-order valence-corrected chi connectivity index (χ4v) is 3.08. The summed E-state index contributed by atoms with van der Waals surface area (Å²) < 4.78 is 26.0. The van der Waals surface area contributed by atoms with Crippen LogP contribution in [0.3, 0.4) is 0 Å². The summed E-state index contributed by atoms with van der Waals surface area (Å²) >= 11 is 0. The summed E-state index contributed by atoms with van der Waals surface area (Å²) in [5.41, 5.74) is 7.85. The van der Waals surface area contributed by atoms with Crippen molar-refractivity contribution in [2.45, 2.75) is 5.75 Å². The van der Waals surface area contributed by atoms with Crippen molar-refractivity contribution in [3.05, 3.63) is 59.7 Å². The topological polar surface area (TPSA) is 87.2 Å². The van der Waals surface area contributed by atoms with Crippen LogP contribution in [0, 0.1) is 11.3 Å². The highest BCUT2D eigenvalue weighted by molar-refractivity contribution is 7.92. The van der Waals surface area contributed by atoms with Crippen LogP contribution >= 0.6 is 0 Å². The van der Waals surface area contributed by atoms with Crippen LogP contribution in [-0.4, -0.2) is 15.5 Å². The molecule has 2 aromatic carbocycles. The summed E-state index contributed by atoms with van der Waals surface area (Å²) in [6.07, 6.45) is 0. The third-order valence-corrected chi connectivity index (χ3v) is 4.85. The smallest absolute Gasteiger partial charge is 0.239 e. The van der Waals surface area contributed by atoms with Gasteiger partial charge in [0.25, 0.3) is 0 Å². The van der Waals surface area contributed by atoms with Crippen LogP contribution in [-0.2, 0) is 15.8 Å². The molecule has 0 radical (unpaired) electrons. The molecule has 0 bridgehead atoms. The van der Waals surface area contributed by atoms with Gasteiger partial charge in [0, 0.05) is 12.7 Å². The Hall–Kier alpha value is -2.52. The largest absolute Gasteiger partial charge is 0.399 e. The summed E-state index contributed by atoms with van der Waals surface area (Å²) in [5, 5.41) is 8.75. The zero-order valence-corrected chi connectivity index (χ0v) is 12.3. The minimum atomic E-state index is -3.49. The highest BCUT2D eigenvalue weighted by Gasteiger charge is 2.19. The lowest BCUT2D eigenvalue weighted by atomic mass is 10.2. The fraction of sp³-hybridized carbons (Fsp3) is 0.133. The van der Waals surface area contributed by atoms with E-state index in [1.807, 2.05) is 6.07 Å². The van der Waals surface area contributed by atoms with Crippen LogP contribution in [0.25, 0.3) is 0 Å². The van der Waals surface area contributed by atoms with E-state index < -0.39 is 10.0 Å². The number of hydrogen-bond acceptors (Lipinski definition) is 4. The molecule has 6 heteroatoms. The average molecular weight is 301 g/mol. The molecule has 0 amide bonds. The van der Waals surface area contributed by atoms with E-state index in [4.69, 9.17) is 11.0 Å². The molecule has 0 unspecified atom stereocenters. The highest BCUT2D eigenvalue weighted by atomic mass is 32.2. The summed E-state index contributed by atoms with van der Waals surface area (Å²) in [7, 11) is -2.00. The van der Waals surface area contributed by atoms with E-state index in [-0.39, 0.29) is 5.75 Å². The molecular weight excluding hydrogens is 286 g/mol. The molecule has 5 nitrogen and oxygen atoms in total. The van der Waals surface area contributed by atoms with Gasteiger partial charge in [0.15, 0.2) is 0 Å². The van der Waals surface area contributed by atoms with Crippen molar-refractivity contribution in [3.8, 4) is 6.07 Å². The van der Waals surface area contributed by atoms with E-state index in [0.29, 0.717) is 22.5 Å². The van der Waals surface area contributed by atoms with Gasteiger partial charge in [-0.2, -0.15) is 5.26 Å². The molecule has 2 aromatic rings. The van der Waals surface area contributed by atoms with Gasteiger partial charge in [-0.1, -0.05) is 12.1 Å². The molecule has 0 saturated carbocycles. The van der Waals surface area contributed by atoms with Crippen molar-refractivity contribution in [1.82, 2.24) is 0 Å². The van der Waals surface area contributed by atoms with E-state index in [2.05, 4.69) is 0 Å². The van der Waals surface area contributed by atoms with Crippen molar-refractivity contribution in [3.63, 3.8) is 0 Å². The van der Waals surface area contributed by atoms with Gasteiger partial charge in [0.05, 0.1) is 23.1 Å². The molecule has 0 spiro atoms. The van der Waals surface area contributed by atoms with E-state index in [9.17, 15) is 8.42 Å². The molecule has 0 aliphatic heterocycles. The second-order valence-corrected chi connectivity index (χ2v) is 6.62. The van der Waals surface area contributed by atoms with Crippen molar-refractivity contribution >= 4 is 21.4 Å². The van der Waals surface area contributed by atoms with Gasteiger partial charge in [0.1, 0.15) is 0 Å². The minimum absolute atomic E-state index is 0.107. The summed E-state index contributed by atoms with van der Waals surface area (Å²) in [6, 6.07) is 15.1. The first kappa shape index (κ1) is 14.9. The molecule has 0 aliphatic carbocycles. The lowest BCUT2D eigenvalue weighted by Crippen LogP contribution is -2.27. The Morgan fingerprint density at radius 1 is 1.10 bits per heavy atom. The molecule has 0 saturated heterocycles. The van der Waals surface area contributed by atoms with Crippen LogP contribution in [0.1, 0.15) is 11.1 Å². The van der Waals surface area contributed by atoms with E-state index in [1.165, 1.54) is 11.4 Å². The number of sulfonamides is 1. The van der Waals surface area contributed by atoms with Crippen LogP contribution in [0.4, 0.5) is 11.4 Å². The Bertz CT molecular complexity index is 760. The predicted octanol–water partition coefficient (Wildman–Crippen LogP) is 2.11. The maximum atomic E-state index is 12.4. The van der Waals surface area contributed by atoms with Gasteiger partial charge >= 0.3 is 0 Å². The molecule has 0 aromatic heterocycles. The standard InChI is InChI=1S/C15H15N3O2S/c1-18(15-8-4-12(10-16)5-9-15)21(19,20)11-13-2-6-14(17)7-3-13/h2-9H,11,17H2,1H3. The third-order valence-electron chi connectivity index (χ3n) is 3.11. The normalized spacial score (nSPS) is 10.9. The van der Waals surface area contributed by atoms with E-state index >= 15 is 0 Å².